The summed E-state index contributed by atoms with van der Waals surface area (Å²) in [5, 5.41) is 0. The molecule has 0 atom stereocenters. The normalized spacial score (nSPS) is 15.2. The number of halogens is 1. The number of nitrogen functional groups attached to an aromatic ring is 1. The van der Waals surface area contributed by atoms with E-state index in [1.165, 1.54) is 12.8 Å². The van der Waals surface area contributed by atoms with E-state index in [1.807, 2.05) is 13.3 Å². The van der Waals surface area contributed by atoms with Crippen molar-refractivity contribution in [3.05, 3.63) is 22.7 Å². The Morgan fingerprint density at radius 3 is 2.82 bits per heavy atom. The van der Waals surface area contributed by atoms with E-state index in [0.717, 1.165) is 15.9 Å². The van der Waals surface area contributed by atoms with Crippen molar-refractivity contribution in [2.45, 2.75) is 25.8 Å². The van der Waals surface area contributed by atoms with Gasteiger partial charge in [-0.2, -0.15) is 0 Å². The minimum Gasteiger partial charge on any atom is -0.383 e. The van der Waals surface area contributed by atoms with Crippen LogP contribution in [0.3, 0.4) is 0 Å². The van der Waals surface area contributed by atoms with Crippen molar-refractivity contribution in [2.24, 2.45) is 0 Å². The molecule has 17 heavy (non-hydrogen) atoms. The summed E-state index contributed by atoms with van der Waals surface area (Å²) in [6, 6.07) is 0.557. The van der Waals surface area contributed by atoms with E-state index < -0.39 is 0 Å². The van der Waals surface area contributed by atoms with Gasteiger partial charge in [-0.1, -0.05) is 0 Å². The van der Waals surface area contributed by atoms with Crippen LogP contribution < -0.4 is 5.73 Å². The van der Waals surface area contributed by atoms with Gasteiger partial charge in [-0.25, -0.2) is 15.0 Å². The second kappa shape index (κ2) is 3.80. The van der Waals surface area contributed by atoms with Gasteiger partial charge in [0.2, 0.25) is 0 Å². The summed E-state index contributed by atoms with van der Waals surface area (Å²) in [6.45, 7) is 1.91. The zero-order valence-corrected chi connectivity index (χ0v) is 11.0. The Labute approximate surface area is 107 Å². The number of nitrogens with two attached hydrogens (primary N) is 1. The minimum atomic E-state index is 0.469. The first-order valence-electron chi connectivity index (χ1n) is 5.48. The summed E-state index contributed by atoms with van der Waals surface area (Å²) < 4.78 is 2.89. The fourth-order valence-electron chi connectivity index (χ4n) is 1.82. The molecule has 1 aliphatic carbocycles. The van der Waals surface area contributed by atoms with Gasteiger partial charge in [0.1, 0.15) is 11.5 Å². The maximum Gasteiger partial charge on any atom is 0.180 e. The molecule has 0 saturated heterocycles. The molecule has 1 fully saturated rings. The van der Waals surface area contributed by atoms with Crippen molar-refractivity contribution >= 4 is 21.7 Å². The highest BCUT2D eigenvalue weighted by atomic mass is 79.9. The Morgan fingerprint density at radius 1 is 1.41 bits per heavy atom. The van der Waals surface area contributed by atoms with Gasteiger partial charge in [-0.05, 0) is 35.7 Å². The summed E-state index contributed by atoms with van der Waals surface area (Å²) in [7, 11) is 0. The van der Waals surface area contributed by atoms with E-state index in [-0.39, 0.29) is 0 Å². The molecule has 0 aliphatic heterocycles. The zero-order chi connectivity index (χ0) is 12.0. The number of anilines is 1. The van der Waals surface area contributed by atoms with Gasteiger partial charge in [-0.15, -0.1) is 0 Å². The monoisotopic (exact) mass is 293 g/mol. The average molecular weight is 294 g/mol. The van der Waals surface area contributed by atoms with Gasteiger partial charge in [-0.3, -0.25) is 0 Å². The molecule has 2 aromatic heterocycles. The summed E-state index contributed by atoms with van der Waals surface area (Å²) >= 11 is 3.36. The lowest BCUT2D eigenvalue weighted by Gasteiger charge is -2.08. The molecule has 5 nitrogen and oxygen atoms in total. The van der Waals surface area contributed by atoms with Gasteiger partial charge < -0.3 is 10.3 Å². The third kappa shape index (κ3) is 1.82. The molecule has 0 bridgehead atoms. The highest BCUT2D eigenvalue weighted by molar-refractivity contribution is 9.10. The smallest absolute Gasteiger partial charge is 0.180 e. The molecule has 0 unspecified atom stereocenters. The third-order valence-corrected chi connectivity index (χ3v) is 3.86. The Morgan fingerprint density at radius 2 is 2.18 bits per heavy atom. The van der Waals surface area contributed by atoms with Crippen molar-refractivity contribution in [1.82, 2.24) is 19.5 Å². The van der Waals surface area contributed by atoms with Crippen molar-refractivity contribution in [2.75, 3.05) is 5.73 Å². The van der Waals surface area contributed by atoms with E-state index in [9.17, 15) is 0 Å². The molecule has 0 aromatic carbocycles. The lowest BCUT2D eigenvalue weighted by atomic mass is 10.3. The molecule has 6 heteroatoms. The van der Waals surface area contributed by atoms with Crippen LogP contribution in [0.2, 0.25) is 0 Å². The number of hydrogen-bond acceptors (Lipinski definition) is 4. The quantitative estimate of drug-likeness (QED) is 0.923. The molecule has 88 valence electrons. The Hall–Kier alpha value is -1.43. The zero-order valence-electron chi connectivity index (χ0n) is 9.39. The van der Waals surface area contributed by atoms with Crippen LogP contribution in [0.1, 0.15) is 24.6 Å². The van der Waals surface area contributed by atoms with Gasteiger partial charge in [0, 0.05) is 6.04 Å². The van der Waals surface area contributed by atoms with Crippen LogP contribution in [-0.4, -0.2) is 19.5 Å². The number of imidazole rings is 1. The standard InChI is InChI=1S/C11H12BrN5/c1-6-9(12)10(13)16-11(15-6)8-4-14-5-17(8)7-2-3-7/h4-5,7H,2-3H2,1H3,(H2,13,15,16). The van der Waals surface area contributed by atoms with Gasteiger partial charge in [0.25, 0.3) is 0 Å². The first-order valence-corrected chi connectivity index (χ1v) is 6.28. The number of nitrogens with zero attached hydrogens (tertiary/aromatic N) is 4. The highest BCUT2D eigenvalue weighted by Gasteiger charge is 2.26. The molecule has 2 N–H and O–H groups in total. The summed E-state index contributed by atoms with van der Waals surface area (Å²) in [5.41, 5.74) is 7.62. The Balaban J connectivity index is 2.11. The molecule has 2 heterocycles. The Bertz CT molecular complexity index is 550. The Kier molecular flexibility index (Phi) is 2.39. The predicted octanol–water partition coefficient (Wildman–Crippen LogP) is 2.33. The van der Waals surface area contributed by atoms with Crippen molar-refractivity contribution in [3.8, 4) is 11.5 Å². The van der Waals surface area contributed by atoms with Crippen LogP contribution >= 0.6 is 15.9 Å². The van der Waals surface area contributed by atoms with Crippen molar-refractivity contribution in [3.63, 3.8) is 0 Å². The minimum absolute atomic E-state index is 0.469. The molecule has 1 aliphatic rings. The summed E-state index contributed by atoms with van der Waals surface area (Å²) in [5.74, 6) is 1.11. The van der Waals surface area contributed by atoms with Crippen molar-refractivity contribution in [1.29, 1.82) is 0 Å². The second-order valence-electron chi connectivity index (χ2n) is 4.25. The molecule has 0 spiro atoms. The number of aryl methyl sites for hydroxylation is 1. The first-order chi connectivity index (χ1) is 8.16. The molecule has 2 aromatic rings. The van der Waals surface area contributed by atoms with Gasteiger partial charge >= 0.3 is 0 Å². The van der Waals surface area contributed by atoms with E-state index in [2.05, 4.69) is 35.4 Å². The molecular weight excluding hydrogens is 282 g/mol. The fraction of sp³-hybridized carbons (Fsp3) is 0.364. The van der Waals surface area contributed by atoms with Gasteiger partial charge in [0.15, 0.2) is 5.82 Å². The fourth-order valence-corrected chi connectivity index (χ4v) is 1.99. The molecule has 3 rings (SSSR count). The van der Waals surface area contributed by atoms with E-state index in [4.69, 9.17) is 5.73 Å². The lowest BCUT2D eigenvalue weighted by Crippen LogP contribution is -2.03. The first kappa shape index (κ1) is 10.7. The largest absolute Gasteiger partial charge is 0.383 e. The van der Waals surface area contributed by atoms with Crippen LogP contribution in [-0.2, 0) is 0 Å². The molecular formula is C11H12BrN5. The number of rotatable bonds is 2. The van der Waals surface area contributed by atoms with Crippen LogP contribution in [0.5, 0.6) is 0 Å². The summed E-state index contributed by atoms with van der Waals surface area (Å²) in [6.07, 6.45) is 6.03. The van der Waals surface area contributed by atoms with E-state index in [0.29, 0.717) is 17.7 Å². The van der Waals surface area contributed by atoms with Gasteiger partial charge in [0.05, 0.1) is 22.7 Å². The maximum absolute atomic E-state index is 5.84. The number of aromatic nitrogens is 4. The van der Waals surface area contributed by atoms with Crippen LogP contribution in [0.25, 0.3) is 11.5 Å². The van der Waals surface area contributed by atoms with Crippen molar-refractivity contribution < 1.29 is 0 Å². The van der Waals surface area contributed by atoms with Crippen LogP contribution in [0, 0.1) is 6.92 Å². The topological polar surface area (TPSA) is 69.6 Å². The predicted molar refractivity (Wildman–Crippen MR) is 68.4 cm³/mol. The third-order valence-electron chi connectivity index (χ3n) is 2.88. The van der Waals surface area contributed by atoms with Crippen LogP contribution in [0.15, 0.2) is 17.0 Å². The second-order valence-corrected chi connectivity index (χ2v) is 5.04. The summed E-state index contributed by atoms with van der Waals surface area (Å²) in [4.78, 5) is 12.9. The molecule has 0 amide bonds. The molecule has 1 saturated carbocycles. The lowest BCUT2D eigenvalue weighted by molar-refractivity contribution is 0.742. The molecule has 0 radical (unpaired) electrons. The van der Waals surface area contributed by atoms with E-state index >= 15 is 0 Å². The number of hydrogen-bond donors (Lipinski definition) is 1. The van der Waals surface area contributed by atoms with Crippen LogP contribution in [0.4, 0.5) is 5.82 Å². The SMILES string of the molecule is Cc1nc(-c2cncn2C2CC2)nc(N)c1Br. The van der Waals surface area contributed by atoms with E-state index in [1.54, 1.807) is 6.20 Å². The maximum atomic E-state index is 5.84. The highest BCUT2D eigenvalue weighted by Crippen LogP contribution is 2.37. The average Bonchev–Trinajstić information content (AvgIpc) is 3.03.